The quantitative estimate of drug-likeness (QED) is 0.420. The van der Waals surface area contributed by atoms with Crippen molar-refractivity contribution in [1.82, 2.24) is 0 Å². The van der Waals surface area contributed by atoms with Crippen LogP contribution in [0.4, 0.5) is 4.79 Å². The zero-order valence-corrected chi connectivity index (χ0v) is 17.1. The van der Waals surface area contributed by atoms with E-state index in [0.717, 1.165) is 15.9 Å². The third-order valence-corrected chi connectivity index (χ3v) is 7.87. The van der Waals surface area contributed by atoms with E-state index in [1.54, 1.807) is 0 Å². The molecule has 0 saturated carbocycles. The summed E-state index contributed by atoms with van der Waals surface area (Å²) >= 11 is 0. The molecule has 2 nitrogen and oxygen atoms in total. The first kappa shape index (κ1) is 19.6. The van der Waals surface area contributed by atoms with Gasteiger partial charge in [0.05, 0.1) is 6.61 Å². The lowest BCUT2D eigenvalue weighted by Gasteiger charge is -2.23. The predicted octanol–water partition coefficient (Wildman–Crippen LogP) is 1.14. The van der Waals surface area contributed by atoms with Crippen LogP contribution in [0.15, 0.2) is 91.0 Å². The Bertz CT molecular complexity index is 695. The second-order valence-corrected chi connectivity index (χ2v) is 8.63. The maximum Gasteiger partial charge on any atom is 0.466 e. The molecule has 128 valence electrons. The van der Waals surface area contributed by atoms with Crippen molar-refractivity contribution >= 4 is 28.9 Å². The molecule has 0 saturated heterocycles. The molecule has 0 amide bonds. The molecule has 0 aromatic heterocycles. The minimum atomic E-state index is -2.52. The van der Waals surface area contributed by atoms with Gasteiger partial charge in [-0.1, -0.05) is 54.6 Å². The van der Waals surface area contributed by atoms with Crippen LogP contribution in [-0.4, -0.2) is 12.3 Å². The first-order valence-corrected chi connectivity index (χ1v) is 9.82. The topological polar surface area (TPSA) is 26.3 Å². The molecule has 4 heteroatoms. The fraction of sp³-hybridized carbons (Fsp3) is 0.0952. The Morgan fingerprint density at radius 2 is 1.04 bits per heavy atom. The van der Waals surface area contributed by atoms with Crippen LogP contribution < -0.4 is 39.9 Å². The summed E-state index contributed by atoms with van der Waals surface area (Å²) in [6, 6.07) is 30.0. The zero-order valence-electron chi connectivity index (χ0n) is 14.0. The van der Waals surface area contributed by atoms with E-state index in [0.29, 0.717) is 6.61 Å². The highest BCUT2D eigenvalue weighted by Crippen LogP contribution is 2.56. The first-order valence-electron chi connectivity index (χ1n) is 8.03. The number of benzene rings is 3. The molecule has 3 aromatic rings. The second kappa shape index (κ2) is 9.12. The molecule has 25 heavy (non-hydrogen) atoms. The Hall–Kier alpha value is -1.71. The van der Waals surface area contributed by atoms with Crippen LogP contribution in [0.1, 0.15) is 6.92 Å². The average molecular weight is 462 g/mol. The fourth-order valence-corrected chi connectivity index (χ4v) is 6.65. The molecule has 3 rings (SSSR count). The van der Waals surface area contributed by atoms with Crippen LogP contribution in [0, 0.1) is 0 Å². The average Bonchev–Trinajstić information content (AvgIpc) is 2.65. The van der Waals surface area contributed by atoms with Crippen molar-refractivity contribution in [3.63, 3.8) is 0 Å². The van der Waals surface area contributed by atoms with E-state index in [1.165, 1.54) is 0 Å². The highest BCUT2D eigenvalue weighted by atomic mass is 127. The number of carbonyl (C=O) groups is 1. The molecule has 0 aliphatic heterocycles. The third kappa shape index (κ3) is 3.78. The van der Waals surface area contributed by atoms with Crippen LogP contribution in [0.5, 0.6) is 0 Å². The molecule has 3 aromatic carbocycles. The number of carbonyl (C=O) groups excluding carboxylic acids is 1. The minimum Gasteiger partial charge on any atom is -1.00 e. The molecule has 0 radical (unpaired) electrons. The Kier molecular flexibility index (Phi) is 7.15. The van der Waals surface area contributed by atoms with Crippen molar-refractivity contribution in [2.24, 2.45) is 0 Å². The number of halogens is 1. The molecule has 0 unspecified atom stereocenters. The van der Waals surface area contributed by atoms with Gasteiger partial charge in [0.2, 0.25) is 7.26 Å². The maximum atomic E-state index is 13.3. The summed E-state index contributed by atoms with van der Waals surface area (Å²) in [4.78, 5) is 13.3. The molecule has 0 aliphatic rings. The van der Waals surface area contributed by atoms with Crippen molar-refractivity contribution < 1.29 is 33.5 Å². The molecular formula is C21H20IO2P. The van der Waals surface area contributed by atoms with Crippen LogP contribution >= 0.6 is 7.26 Å². The molecule has 0 spiro atoms. The van der Waals surface area contributed by atoms with Crippen molar-refractivity contribution in [3.8, 4) is 0 Å². The van der Waals surface area contributed by atoms with Gasteiger partial charge in [-0.05, 0) is 43.3 Å². The molecule has 0 heterocycles. The summed E-state index contributed by atoms with van der Waals surface area (Å²) in [5.74, 6) is 0. The normalized spacial score (nSPS) is 10.6. The Labute approximate surface area is 166 Å². The van der Waals surface area contributed by atoms with Gasteiger partial charge in [-0.3, -0.25) is 0 Å². The van der Waals surface area contributed by atoms with E-state index >= 15 is 0 Å². The third-order valence-electron chi connectivity index (χ3n) is 3.97. The largest absolute Gasteiger partial charge is 1.00 e. The van der Waals surface area contributed by atoms with Crippen LogP contribution in [0.3, 0.4) is 0 Å². The lowest BCUT2D eigenvalue weighted by molar-refractivity contribution is -0.00000949. The van der Waals surface area contributed by atoms with Gasteiger partial charge in [-0.25, -0.2) is 4.79 Å². The molecule has 0 aliphatic carbocycles. The molecule has 0 N–H and O–H groups in total. The Morgan fingerprint density at radius 1 is 0.720 bits per heavy atom. The first-order chi connectivity index (χ1) is 11.8. The number of hydrogen-bond donors (Lipinski definition) is 0. The number of ether oxygens (including phenoxy) is 1. The summed E-state index contributed by atoms with van der Waals surface area (Å²) in [6.07, 6.45) is 0. The second-order valence-electron chi connectivity index (χ2n) is 5.38. The van der Waals surface area contributed by atoms with Gasteiger partial charge in [0.1, 0.15) is 15.9 Å². The highest BCUT2D eigenvalue weighted by molar-refractivity contribution is 8.07. The van der Waals surface area contributed by atoms with E-state index < -0.39 is 7.26 Å². The molecule has 0 atom stereocenters. The zero-order chi connectivity index (χ0) is 16.8. The van der Waals surface area contributed by atoms with Crippen molar-refractivity contribution in [2.75, 3.05) is 6.61 Å². The Balaban J connectivity index is 0.00000225. The standard InChI is InChI=1S/C21H20O2P.HI/c1-2-23-21(22)24(18-12-6-3-7-13-18,19-14-8-4-9-15-19)20-16-10-5-11-17-20;/h3-17H,2H2,1H3;1H/q+1;/p-1. The van der Waals surface area contributed by atoms with Crippen molar-refractivity contribution in [2.45, 2.75) is 6.92 Å². The van der Waals surface area contributed by atoms with Gasteiger partial charge in [-0.2, -0.15) is 0 Å². The van der Waals surface area contributed by atoms with E-state index in [1.807, 2.05) is 97.9 Å². The van der Waals surface area contributed by atoms with Crippen LogP contribution in [-0.2, 0) is 4.74 Å². The summed E-state index contributed by atoms with van der Waals surface area (Å²) < 4.78 is 5.58. The smallest absolute Gasteiger partial charge is 0.466 e. The van der Waals surface area contributed by atoms with Gasteiger partial charge < -0.3 is 28.7 Å². The highest BCUT2D eigenvalue weighted by Gasteiger charge is 2.55. The number of rotatable bonds is 5. The molecule has 0 bridgehead atoms. The van der Waals surface area contributed by atoms with Crippen molar-refractivity contribution in [1.29, 1.82) is 0 Å². The lowest BCUT2D eigenvalue weighted by atomic mass is 10.4. The maximum absolute atomic E-state index is 13.3. The summed E-state index contributed by atoms with van der Waals surface area (Å²) in [5.41, 5.74) is -0.145. The number of hydrogen-bond acceptors (Lipinski definition) is 2. The monoisotopic (exact) mass is 462 g/mol. The van der Waals surface area contributed by atoms with E-state index in [-0.39, 0.29) is 29.7 Å². The molecule has 0 fully saturated rings. The lowest BCUT2D eigenvalue weighted by Crippen LogP contribution is -3.00. The molecular weight excluding hydrogens is 442 g/mol. The van der Waals surface area contributed by atoms with Gasteiger partial charge >= 0.3 is 5.71 Å². The predicted molar refractivity (Wildman–Crippen MR) is 102 cm³/mol. The van der Waals surface area contributed by atoms with Crippen LogP contribution in [0.2, 0.25) is 0 Å². The van der Waals surface area contributed by atoms with E-state index in [4.69, 9.17) is 4.74 Å². The van der Waals surface area contributed by atoms with Gasteiger partial charge in [0, 0.05) is 0 Å². The summed E-state index contributed by atoms with van der Waals surface area (Å²) in [7, 11) is -2.52. The van der Waals surface area contributed by atoms with Gasteiger partial charge in [0.15, 0.2) is 0 Å². The SMILES string of the molecule is CCOC(=O)[P+](c1ccccc1)(c1ccccc1)c1ccccc1.[I-]. The van der Waals surface area contributed by atoms with Gasteiger partial charge in [0.25, 0.3) is 0 Å². The van der Waals surface area contributed by atoms with E-state index in [2.05, 4.69) is 0 Å². The Morgan fingerprint density at radius 3 is 1.32 bits per heavy atom. The fourth-order valence-electron chi connectivity index (χ4n) is 2.94. The summed E-state index contributed by atoms with van der Waals surface area (Å²) in [5, 5.41) is 3.04. The summed E-state index contributed by atoms with van der Waals surface area (Å²) in [6.45, 7) is 2.22. The van der Waals surface area contributed by atoms with Crippen LogP contribution in [0.25, 0.3) is 0 Å². The van der Waals surface area contributed by atoms with Crippen molar-refractivity contribution in [3.05, 3.63) is 91.0 Å². The minimum absolute atomic E-state index is 0. The van der Waals surface area contributed by atoms with E-state index in [9.17, 15) is 4.79 Å². The van der Waals surface area contributed by atoms with Gasteiger partial charge in [-0.15, -0.1) is 0 Å².